The van der Waals surface area contributed by atoms with Crippen molar-refractivity contribution in [1.29, 1.82) is 0 Å². The molecular formula is C20H24FN3O. The molecule has 0 radical (unpaired) electrons. The van der Waals surface area contributed by atoms with Gasteiger partial charge in [-0.2, -0.15) is 0 Å². The van der Waals surface area contributed by atoms with Crippen LogP contribution in [0.15, 0.2) is 48.5 Å². The largest absolute Gasteiger partial charge is 0.369 e. The van der Waals surface area contributed by atoms with Crippen molar-refractivity contribution >= 4 is 11.6 Å². The third kappa shape index (κ3) is 4.57. The number of hydrogen-bond donors (Lipinski definition) is 1. The molecule has 0 atom stereocenters. The summed E-state index contributed by atoms with van der Waals surface area (Å²) in [5.41, 5.74) is 2.93. The summed E-state index contributed by atoms with van der Waals surface area (Å²) < 4.78 is 13.0. The van der Waals surface area contributed by atoms with E-state index >= 15 is 0 Å². The molecule has 1 aliphatic rings. The minimum Gasteiger partial charge on any atom is -0.369 e. The van der Waals surface area contributed by atoms with Crippen molar-refractivity contribution in [3.8, 4) is 0 Å². The molecular weight excluding hydrogens is 317 g/mol. The third-order valence-corrected chi connectivity index (χ3v) is 4.50. The molecule has 0 aromatic heterocycles. The van der Waals surface area contributed by atoms with Crippen molar-refractivity contribution in [3.63, 3.8) is 0 Å². The van der Waals surface area contributed by atoms with Gasteiger partial charge in [-0.25, -0.2) is 4.39 Å². The van der Waals surface area contributed by atoms with Crippen LogP contribution in [0.3, 0.4) is 0 Å². The quantitative estimate of drug-likeness (QED) is 0.908. The lowest BCUT2D eigenvalue weighted by molar-refractivity contribution is 0.0955. The van der Waals surface area contributed by atoms with E-state index in [1.165, 1.54) is 12.1 Å². The number of nitrogens with one attached hydrogen (secondary N) is 1. The van der Waals surface area contributed by atoms with Crippen LogP contribution >= 0.6 is 0 Å². The van der Waals surface area contributed by atoms with Gasteiger partial charge in [0.05, 0.1) is 0 Å². The average molecular weight is 341 g/mol. The van der Waals surface area contributed by atoms with Gasteiger partial charge in [-0.1, -0.05) is 12.1 Å². The van der Waals surface area contributed by atoms with Crippen molar-refractivity contribution in [3.05, 3.63) is 65.5 Å². The normalized spacial score (nSPS) is 15.2. The summed E-state index contributed by atoms with van der Waals surface area (Å²) in [6, 6.07) is 14.5. The van der Waals surface area contributed by atoms with E-state index in [2.05, 4.69) is 21.2 Å². The molecule has 1 fully saturated rings. The number of hydrogen-bond acceptors (Lipinski definition) is 3. The molecule has 1 heterocycles. The highest BCUT2D eigenvalue weighted by Crippen LogP contribution is 2.18. The summed E-state index contributed by atoms with van der Waals surface area (Å²) in [5.74, 6) is -0.222. The van der Waals surface area contributed by atoms with Crippen LogP contribution in [0, 0.1) is 5.82 Å². The molecule has 0 unspecified atom stereocenters. The Morgan fingerprint density at radius 3 is 2.48 bits per heavy atom. The minimum absolute atomic E-state index is 0.0227. The molecule has 5 heteroatoms. The number of carbonyl (C=O) groups is 1. The average Bonchev–Trinajstić information content (AvgIpc) is 2.64. The molecule has 0 spiro atoms. The standard InChI is InChI=1S/C20H24FN3O/c1-2-22-20(25)17-5-3-4-16(14-17)15-23-10-12-24(13-11-23)19-8-6-18(21)7-9-19/h3-9,14H,2,10-13,15H2,1H3,(H,22,25). The highest BCUT2D eigenvalue weighted by Gasteiger charge is 2.17. The Labute approximate surface area is 148 Å². The van der Waals surface area contributed by atoms with Gasteiger partial charge in [0.15, 0.2) is 0 Å². The van der Waals surface area contributed by atoms with E-state index in [1.54, 1.807) is 0 Å². The Bertz CT molecular complexity index is 709. The molecule has 1 saturated heterocycles. The van der Waals surface area contributed by atoms with Crippen LogP contribution in [0.1, 0.15) is 22.8 Å². The van der Waals surface area contributed by atoms with Crippen LogP contribution < -0.4 is 10.2 Å². The maximum absolute atomic E-state index is 13.0. The first-order chi connectivity index (χ1) is 12.2. The van der Waals surface area contributed by atoms with Gasteiger partial charge in [-0.3, -0.25) is 9.69 Å². The second-order valence-corrected chi connectivity index (χ2v) is 6.30. The predicted molar refractivity (Wildman–Crippen MR) is 98.3 cm³/mol. The highest BCUT2D eigenvalue weighted by molar-refractivity contribution is 5.94. The zero-order chi connectivity index (χ0) is 17.6. The van der Waals surface area contributed by atoms with E-state index in [4.69, 9.17) is 0 Å². The smallest absolute Gasteiger partial charge is 0.251 e. The molecule has 4 nitrogen and oxygen atoms in total. The first kappa shape index (κ1) is 17.4. The van der Waals surface area contributed by atoms with Crippen molar-refractivity contribution in [2.24, 2.45) is 0 Å². The fraction of sp³-hybridized carbons (Fsp3) is 0.350. The van der Waals surface area contributed by atoms with Gasteiger partial charge in [0.2, 0.25) is 0 Å². The van der Waals surface area contributed by atoms with Gasteiger partial charge in [0.25, 0.3) is 5.91 Å². The third-order valence-electron chi connectivity index (χ3n) is 4.50. The van der Waals surface area contributed by atoms with Crippen molar-refractivity contribution in [2.75, 3.05) is 37.6 Å². The molecule has 1 aliphatic heterocycles. The fourth-order valence-electron chi connectivity index (χ4n) is 3.15. The second kappa shape index (κ2) is 8.12. The number of nitrogens with zero attached hydrogens (tertiary/aromatic N) is 2. The zero-order valence-electron chi connectivity index (χ0n) is 14.5. The summed E-state index contributed by atoms with van der Waals surface area (Å²) in [6.07, 6.45) is 0. The Morgan fingerprint density at radius 1 is 1.08 bits per heavy atom. The first-order valence-electron chi connectivity index (χ1n) is 8.75. The molecule has 1 N–H and O–H groups in total. The summed E-state index contributed by atoms with van der Waals surface area (Å²) in [7, 11) is 0. The SMILES string of the molecule is CCNC(=O)c1cccc(CN2CCN(c3ccc(F)cc3)CC2)c1. The number of benzene rings is 2. The number of rotatable bonds is 5. The summed E-state index contributed by atoms with van der Waals surface area (Å²) >= 11 is 0. The summed E-state index contributed by atoms with van der Waals surface area (Å²) in [6.45, 7) is 7.12. The Morgan fingerprint density at radius 2 is 1.80 bits per heavy atom. The molecule has 0 saturated carbocycles. The molecule has 132 valence electrons. The van der Waals surface area contributed by atoms with Crippen LogP contribution in [-0.2, 0) is 6.54 Å². The van der Waals surface area contributed by atoms with Crippen molar-refractivity contribution in [1.82, 2.24) is 10.2 Å². The van der Waals surface area contributed by atoms with Gasteiger partial charge in [0.1, 0.15) is 5.82 Å². The van der Waals surface area contributed by atoms with E-state index < -0.39 is 0 Å². The predicted octanol–water partition coefficient (Wildman–Crippen LogP) is 2.90. The van der Waals surface area contributed by atoms with Crippen LogP contribution in [0.2, 0.25) is 0 Å². The Hall–Kier alpha value is -2.40. The number of amides is 1. The number of anilines is 1. The number of piperazine rings is 1. The molecule has 0 aliphatic carbocycles. The molecule has 2 aromatic carbocycles. The van der Waals surface area contributed by atoms with Crippen LogP contribution in [0.4, 0.5) is 10.1 Å². The summed E-state index contributed by atoms with van der Waals surface area (Å²) in [4.78, 5) is 16.6. The summed E-state index contributed by atoms with van der Waals surface area (Å²) in [5, 5.41) is 2.83. The Balaban J connectivity index is 1.56. The lowest BCUT2D eigenvalue weighted by Crippen LogP contribution is -2.46. The van der Waals surface area contributed by atoms with Crippen LogP contribution in [0.25, 0.3) is 0 Å². The van der Waals surface area contributed by atoms with Crippen LogP contribution in [-0.4, -0.2) is 43.5 Å². The number of carbonyl (C=O) groups excluding carboxylic acids is 1. The van der Waals surface area contributed by atoms with Crippen LogP contribution in [0.5, 0.6) is 0 Å². The lowest BCUT2D eigenvalue weighted by Gasteiger charge is -2.36. The molecule has 1 amide bonds. The molecule has 25 heavy (non-hydrogen) atoms. The second-order valence-electron chi connectivity index (χ2n) is 6.30. The van der Waals surface area contributed by atoms with Gasteiger partial charge in [-0.15, -0.1) is 0 Å². The van der Waals surface area contributed by atoms with Gasteiger partial charge in [-0.05, 0) is 48.9 Å². The van der Waals surface area contributed by atoms with Crippen molar-refractivity contribution in [2.45, 2.75) is 13.5 Å². The highest BCUT2D eigenvalue weighted by atomic mass is 19.1. The minimum atomic E-state index is -0.200. The lowest BCUT2D eigenvalue weighted by atomic mass is 10.1. The first-order valence-corrected chi connectivity index (χ1v) is 8.75. The van der Waals surface area contributed by atoms with Gasteiger partial charge < -0.3 is 10.2 Å². The topological polar surface area (TPSA) is 35.6 Å². The van der Waals surface area contributed by atoms with Gasteiger partial charge >= 0.3 is 0 Å². The van der Waals surface area contributed by atoms with E-state index in [-0.39, 0.29) is 11.7 Å². The Kier molecular flexibility index (Phi) is 5.66. The molecule has 2 aromatic rings. The molecule has 3 rings (SSSR count). The van der Waals surface area contributed by atoms with E-state index in [0.717, 1.165) is 44.0 Å². The van der Waals surface area contributed by atoms with Crippen molar-refractivity contribution < 1.29 is 9.18 Å². The maximum Gasteiger partial charge on any atom is 0.251 e. The maximum atomic E-state index is 13.0. The monoisotopic (exact) mass is 341 g/mol. The number of halogens is 1. The van der Waals surface area contributed by atoms with Gasteiger partial charge in [0, 0.05) is 50.5 Å². The fourth-order valence-corrected chi connectivity index (χ4v) is 3.15. The van der Waals surface area contributed by atoms with E-state index in [0.29, 0.717) is 12.1 Å². The van der Waals surface area contributed by atoms with E-state index in [1.807, 2.05) is 37.3 Å². The zero-order valence-corrected chi connectivity index (χ0v) is 14.5. The van der Waals surface area contributed by atoms with E-state index in [9.17, 15) is 9.18 Å². The molecule has 0 bridgehead atoms.